The fraction of sp³-hybridized carbons (Fsp3) is 0.200. The molecular formula is C10H14. The summed E-state index contributed by atoms with van der Waals surface area (Å²) in [6.45, 7) is 9.15. The van der Waals surface area contributed by atoms with Gasteiger partial charge in [-0.25, -0.2) is 0 Å². The molecule has 0 aromatic heterocycles. The lowest BCUT2D eigenvalue weighted by Crippen LogP contribution is -1.66. The lowest BCUT2D eigenvalue weighted by atomic mass is 10.2. The van der Waals surface area contributed by atoms with Crippen LogP contribution >= 0.6 is 0 Å². The molecule has 0 saturated carbocycles. The van der Waals surface area contributed by atoms with Crippen molar-refractivity contribution in [2.45, 2.75) is 14.4 Å². The van der Waals surface area contributed by atoms with Crippen LogP contribution in [-0.4, -0.2) is 0 Å². The van der Waals surface area contributed by atoms with E-state index in [0.717, 1.165) is 5.57 Å². The van der Waals surface area contributed by atoms with Crippen molar-refractivity contribution in [2.24, 2.45) is 0 Å². The lowest BCUT2D eigenvalue weighted by molar-refractivity contribution is 1.55. The minimum atomic E-state index is 0. The van der Waals surface area contributed by atoms with Crippen LogP contribution in [0.4, 0.5) is 0 Å². The van der Waals surface area contributed by atoms with Crippen LogP contribution in [0, 0.1) is 12.3 Å². The minimum absolute atomic E-state index is 0. The van der Waals surface area contributed by atoms with Crippen molar-refractivity contribution in [3.8, 4) is 12.3 Å². The van der Waals surface area contributed by atoms with Crippen molar-refractivity contribution in [3.63, 3.8) is 0 Å². The maximum absolute atomic E-state index is 5.03. The zero-order chi connectivity index (χ0) is 7.28. The Labute approximate surface area is 64.0 Å². The highest BCUT2D eigenvalue weighted by Crippen LogP contribution is 1.94. The standard InChI is InChI=1S/C9H10.CH4/c1-5-9(4)7-6-8(2)3;/h1,6-7H,2,4H2,3H3;1H4/b7-6-;. The Kier molecular flexibility index (Phi) is 6.83. The topological polar surface area (TPSA) is 0 Å². The van der Waals surface area contributed by atoms with Crippen LogP contribution in [-0.2, 0) is 0 Å². The van der Waals surface area contributed by atoms with Crippen molar-refractivity contribution in [1.82, 2.24) is 0 Å². The van der Waals surface area contributed by atoms with E-state index in [-0.39, 0.29) is 7.43 Å². The molecule has 0 aromatic rings. The molecule has 0 nitrogen and oxygen atoms in total. The van der Waals surface area contributed by atoms with Gasteiger partial charge < -0.3 is 0 Å². The van der Waals surface area contributed by atoms with E-state index in [0.29, 0.717) is 5.57 Å². The third kappa shape index (κ3) is 6.78. The normalized spacial score (nSPS) is 8.00. The number of terminal acetylenes is 1. The second-order valence-electron chi connectivity index (χ2n) is 1.85. The highest BCUT2D eigenvalue weighted by molar-refractivity contribution is 5.35. The number of hydrogen-bond acceptors (Lipinski definition) is 0. The first-order chi connectivity index (χ1) is 4.16. The smallest absolute Gasteiger partial charge is 0.0170 e. The monoisotopic (exact) mass is 134 g/mol. The number of rotatable bonds is 2. The van der Waals surface area contributed by atoms with Gasteiger partial charge in [0.15, 0.2) is 0 Å². The molecule has 0 atom stereocenters. The van der Waals surface area contributed by atoms with Crippen LogP contribution in [0.25, 0.3) is 0 Å². The summed E-state index contributed by atoms with van der Waals surface area (Å²) in [7, 11) is 0. The molecule has 0 spiro atoms. The Morgan fingerprint density at radius 3 is 2.20 bits per heavy atom. The average Bonchev–Trinajstić information content (AvgIpc) is 1.83. The van der Waals surface area contributed by atoms with Gasteiger partial charge in [-0.1, -0.05) is 38.2 Å². The minimum Gasteiger partial charge on any atom is -0.115 e. The van der Waals surface area contributed by atoms with E-state index in [4.69, 9.17) is 6.42 Å². The predicted molar refractivity (Wildman–Crippen MR) is 48.7 cm³/mol. The van der Waals surface area contributed by atoms with Crippen molar-refractivity contribution in [2.75, 3.05) is 0 Å². The van der Waals surface area contributed by atoms with Crippen molar-refractivity contribution < 1.29 is 0 Å². The second kappa shape index (κ2) is 5.91. The van der Waals surface area contributed by atoms with Gasteiger partial charge >= 0.3 is 0 Å². The molecule has 0 aliphatic carbocycles. The summed E-state index contributed by atoms with van der Waals surface area (Å²) in [5.74, 6) is 2.40. The lowest BCUT2D eigenvalue weighted by Gasteiger charge is -1.83. The molecular weight excluding hydrogens is 120 g/mol. The fourth-order valence-corrected chi connectivity index (χ4v) is 0.291. The summed E-state index contributed by atoms with van der Waals surface area (Å²) >= 11 is 0. The average molecular weight is 134 g/mol. The molecule has 0 heterocycles. The van der Waals surface area contributed by atoms with Crippen LogP contribution in [0.2, 0.25) is 0 Å². The van der Waals surface area contributed by atoms with E-state index in [9.17, 15) is 0 Å². The third-order valence-corrected chi connectivity index (χ3v) is 0.754. The number of hydrogen-bond donors (Lipinski definition) is 0. The highest BCUT2D eigenvalue weighted by atomic mass is 13.8. The molecule has 0 saturated heterocycles. The van der Waals surface area contributed by atoms with Gasteiger partial charge in [0.1, 0.15) is 0 Å². The first kappa shape index (κ1) is 11.6. The Morgan fingerprint density at radius 2 is 1.90 bits per heavy atom. The van der Waals surface area contributed by atoms with E-state index in [2.05, 4.69) is 19.1 Å². The van der Waals surface area contributed by atoms with Crippen LogP contribution in [0.15, 0.2) is 36.5 Å². The molecule has 0 rings (SSSR count). The van der Waals surface area contributed by atoms with Gasteiger partial charge in [-0.2, -0.15) is 0 Å². The van der Waals surface area contributed by atoms with Gasteiger partial charge in [0.2, 0.25) is 0 Å². The second-order valence-corrected chi connectivity index (χ2v) is 1.85. The van der Waals surface area contributed by atoms with Crippen molar-refractivity contribution in [1.29, 1.82) is 0 Å². The van der Waals surface area contributed by atoms with Gasteiger partial charge in [-0.05, 0) is 13.0 Å². The molecule has 0 amide bonds. The van der Waals surface area contributed by atoms with Crippen LogP contribution in [0.1, 0.15) is 14.4 Å². The van der Waals surface area contributed by atoms with Crippen molar-refractivity contribution in [3.05, 3.63) is 36.5 Å². The molecule has 54 valence electrons. The maximum atomic E-state index is 5.03. The van der Waals surface area contributed by atoms with E-state index in [1.807, 2.05) is 13.0 Å². The van der Waals surface area contributed by atoms with Crippen LogP contribution < -0.4 is 0 Å². The zero-order valence-corrected chi connectivity index (χ0v) is 5.65. The van der Waals surface area contributed by atoms with E-state index < -0.39 is 0 Å². The molecule has 0 bridgehead atoms. The van der Waals surface area contributed by atoms with Gasteiger partial charge in [-0.15, -0.1) is 6.42 Å². The summed E-state index contributed by atoms with van der Waals surface area (Å²) in [5, 5.41) is 0. The number of allylic oxidation sites excluding steroid dienone is 4. The van der Waals surface area contributed by atoms with Crippen molar-refractivity contribution >= 4 is 0 Å². The largest absolute Gasteiger partial charge is 0.115 e. The molecule has 0 N–H and O–H groups in total. The van der Waals surface area contributed by atoms with E-state index >= 15 is 0 Å². The maximum Gasteiger partial charge on any atom is 0.0170 e. The predicted octanol–water partition coefficient (Wildman–Crippen LogP) is 2.94. The molecule has 0 aliphatic heterocycles. The van der Waals surface area contributed by atoms with E-state index in [1.165, 1.54) is 0 Å². The van der Waals surface area contributed by atoms with Gasteiger partial charge in [0.05, 0.1) is 0 Å². The molecule has 0 fully saturated rings. The summed E-state index contributed by atoms with van der Waals surface area (Å²) in [6.07, 6.45) is 8.63. The summed E-state index contributed by atoms with van der Waals surface area (Å²) in [5.41, 5.74) is 1.66. The Morgan fingerprint density at radius 1 is 1.40 bits per heavy atom. The molecule has 0 heteroatoms. The summed E-state index contributed by atoms with van der Waals surface area (Å²) in [4.78, 5) is 0. The Balaban J connectivity index is 0. The Hall–Kier alpha value is -1.22. The SMILES string of the molecule is C.C#CC(=C)/C=C\C(=C)C. The quantitative estimate of drug-likeness (QED) is 0.402. The highest BCUT2D eigenvalue weighted by Gasteiger charge is 1.76. The van der Waals surface area contributed by atoms with Crippen LogP contribution in [0.3, 0.4) is 0 Å². The van der Waals surface area contributed by atoms with Crippen LogP contribution in [0.5, 0.6) is 0 Å². The summed E-state index contributed by atoms with van der Waals surface area (Å²) < 4.78 is 0. The molecule has 10 heavy (non-hydrogen) atoms. The molecule has 0 aromatic carbocycles. The van der Waals surface area contributed by atoms with Gasteiger partial charge in [0, 0.05) is 5.57 Å². The van der Waals surface area contributed by atoms with Gasteiger partial charge in [0.25, 0.3) is 0 Å². The van der Waals surface area contributed by atoms with Gasteiger partial charge in [-0.3, -0.25) is 0 Å². The summed E-state index contributed by atoms with van der Waals surface area (Å²) in [6, 6.07) is 0. The first-order valence-electron chi connectivity index (χ1n) is 2.66. The molecule has 0 unspecified atom stereocenters. The molecule has 0 radical (unpaired) electrons. The zero-order valence-electron chi connectivity index (χ0n) is 5.65. The fourth-order valence-electron chi connectivity index (χ4n) is 0.291. The Bertz CT molecular complexity index is 187. The molecule has 0 aliphatic rings. The third-order valence-electron chi connectivity index (χ3n) is 0.754. The first-order valence-corrected chi connectivity index (χ1v) is 2.66. The van der Waals surface area contributed by atoms with E-state index in [1.54, 1.807) is 6.08 Å².